The lowest BCUT2D eigenvalue weighted by Crippen LogP contribution is -2.35. The molecule has 0 heterocycles. The molecule has 0 aromatic heterocycles. The summed E-state index contributed by atoms with van der Waals surface area (Å²) in [5.41, 5.74) is 5.21. The molecule has 2 amide bonds. The van der Waals surface area contributed by atoms with E-state index < -0.39 is 5.97 Å². The van der Waals surface area contributed by atoms with Gasteiger partial charge in [0.1, 0.15) is 5.75 Å². The van der Waals surface area contributed by atoms with Crippen LogP contribution in [-0.2, 0) is 17.8 Å². The fourth-order valence-corrected chi connectivity index (χ4v) is 4.84. The third-order valence-electron chi connectivity index (χ3n) is 7.08. The number of aliphatic carboxylic acids is 1. The second-order valence-electron chi connectivity index (χ2n) is 9.97. The van der Waals surface area contributed by atoms with E-state index in [4.69, 9.17) is 4.74 Å². The highest BCUT2D eigenvalue weighted by molar-refractivity contribution is 6.06. The van der Waals surface area contributed by atoms with Gasteiger partial charge in [-0.15, -0.1) is 0 Å². The molecule has 216 valence electrons. The van der Waals surface area contributed by atoms with Crippen molar-refractivity contribution in [2.24, 2.45) is 0 Å². The Morgan fingerprint density at radius 2 is 1.48 bits per heavy atom. The minimum absolute atomic E-state index is 0.0617. The van der Waals surface area contributed by atoms with E-state index in [9.17, 15) is 19.5 Å². The van der Waals surface area contributed by atoms with Gasteiger partial charge in [0.05, 0.1) is 13.0 Å². The molecule has 4 rings (SSSR count). The van der Waals surface area contributed by atoms with Crippen molar-refractivity contribution in [1.82, 2.24) is 10.2 Å². The average Bonchev–Trinajstić information content (AvgIpc) is 3.00. The zero-order chi connectivity index (χ0) is 29.9. The molecule has 0 radical (unpaired) electrons. The fraction of sp³-hybridized carbons (Fsp3) is 0.229. The van der Waals surface area contributed by atoms with Crippen molar-refractivity contribution >= 4 is 17.8 Å². The van der Waals surface area contributed by atoms with Crippen LogP contribution in [0.15, 0.2) is 97.1 Å². The number of aryl methyl sites for hydroxylation is 1. The Kier molecular flexibility index (Phi) is 10.5. The summed E-state index contributed by atoms with van der Waals surface area (Å²) >= 11 is 0. The topological polar surface area (TPSA) is 95.9 Å². The molecule has 7 nitrogen and oxygen atoms in total. The Morgan fingerprint density at radius 3 is 2.19 bits per heavy atom. The first kappa shape index (κ1) is 30.1. The molecular formula is C35H36N2O5. The average molecular weight is 565 g/mol. The first-order valence-corrected chi connectivity index (χ1v) is 14.1. The van der Waals surface area contributed by atoms with Crippen molar-refractivity contribution in [1.29, 1.82) is 0 Å². The molecule has 0 unspecified atom stereocenters. The third-order valence-corrected chi connectivity index (χ3v) is 7.08. The normalized spacial score (nSPS) is 10.6. The standard InChI is InChI=1S/C35H36N2O5/c1-3-42-28-14-10-12-26(23-28)19-21-37(22-20-33(38)39)35(41)32-18-9-7-16-30(32)29-15-6-8-17-31(29)34(40)36-24-27-13-5-4-11-25(27)2/h4-18,23H,3,19-22,24H2,1-2H3,(H,36,40)(H,38,39). The number of hydrogen-bond acceptors (Lipinski definition) is 4. The summed E-state index contributed by atoms with van der Waals surface area (Å²) in [4.78, 5) is 40.4. The fourth-order valence-electron chi connectivity index (χ4n) is 4.84. The molecule has 0 aliphatic rings. The quantitative estimate of drug-likeness (QED) is 0.203. The van der Waals surface area contributed by atoms with E-state index in [0.717, 1.165) is 22.4 Å². The Morgan fingerprint density at radius 1 is 0.810 bits per heavy atom. The Bertz CT molecular complexity index is 1550. The first-order chi connectivity index (χ1) is 20.4. The highest BCUT2D eigenvalue weighted by atomic mass is 16.5. The van der Waals surface area contributed by atoms with Gasteiger partial charge in [-0.2, -0.15) is 0 Å². The van der Waals surface area contributed by atoms with Gasteiger partial charge >= 0.3 is 5.97 Å². The monoisotopic (exact) mass is 564 g/mol. The lowest BCUT2D eigenvalue weighted by atomic mass is 9.94. The maximum absolute atomic E-state index is 14.0. The summed E-state index contributed by atoms with van der Waals surface area (Å²) in [7, 11) is 0. The minimum Gasteiger partial charge on any atom is -0.494 e. The number of carboxylic acids is 1. The van der Waals surface area contributed by atoms with Gasteiger partial charge in [-0.1, -0.05) is 72.8 Å². The number of rotatable bonds is 13. The Balaban J connectivity index is 1.60. The van der Waals surface area contributed by atoms with Crippen LogP contribution in [0.5, 0.6) is 5.75 Å². The molecular weight excluding hydrogens is 528 g/mol. The Hall–Kier alpha value is -4.91. The van der Waals surface area contributed by atoms with Gasteiger partial charge in [0.15, 0.2) is 0 Å². The molecule has 0 bridgehead atoms. The van der Waals surface area contributed by atoms with Gasteiger partial charge < -0.3 is 20.1 Å². The van der Waals surface area contributed by atoms with Crippen molar-refractivity contribution in [3.05, 3.63) is 125 Å². The lowest BCUT2D eigenvalue weighted by molar-refractivity contribution is -0.137. The predicted molar refractivity (Wildman–Crippen MR) is 164 cm³/mol. The molecule has 0 fully saturated rings. The predicted octanol–water partition coefficient (Wildman–Crippen LogP) is 6.15. The molecule has 42 heavy (non-hydrogen) atoms. The summed E-state index contributed by atoms with van der Waals surface area (Å²) in [5.74, 6) is -0.757. The molecule has 2 N–H and O–H groups in total. The maximum atomic E-state index is 14.0. The first-order valence-electron chi connectivity index (χ1n) is 14.1. The van der Waals surface area contributed by atoms with E-state index in [0.29, 0.717) is 48.4 Å². The smallest absolute Gasteiger partial charge is 0.305 e. The van der Waals surface area contributed by atoms with E-state index in [1.54, 1.807) is 29.2 Å². The number of carbonyl (C=O) groups is 3. The van der Waals surface area contributed by atoms with Crippen LogP contribution in [0.3, 0.4) is 0 Å². The molecule has 0 aliphatic carbocycles. The van der Waals surface area contributed by atoms with Crippen LogP contribution in [0.4, 0.5) is 0 Å². The largest absolute Gasteiger partial charge is 0.494 e. The van der Waals surface area contributed by atoms with Crippen molar-refractivity contribution in [3.63, 3.8) is 0 Å². The number of amides is 2. The number of nitrogens with one attached hydrogen (secondary N) is 1. The van der Waals surface area contributed by atoms with Crippen LogP contribution in [0.1, 0.15) is 50.8 Å². The van der Waals surface area contributed by atoms with Crippen molar-refractivity contribution in [3.8, 4) is 16.9 Å². The summed E-state index contributed by atoms with van der Waals surface area (Å²) in [5, 5.41) is 12.4. The van der Waals surface area contributed by atoms with Gasteiger partial charge in [-0.3, -0.25) is 14.4 Å². The molecule has 0 saturated carbocycles. The van der Waals surface area contributed by atoms with Crippen LogP contribution in [0.25, 0.3) is 11.1 Å². The van der Waals surface area contributed by atoms with E-state index in [1.165, 1.54) is 0 Å². The molecule has 4 aromatic rings. The van der Waals surface area contributed by atoms with Crippen molar-refractivity contribution in [2.45, 2.75) is 33.2 Å². The molecule has 4 aromatic carbocycles. The number of nitrogens with zero attached hydrogens (tertiary/aromatic N) is 1. The van der Waals surface area contributed by atoms with Crippen LogP contribution in [0, 0.1) is 6.92 Å². The van der Waals surface area contributed by atoms with E-state index in [-0.39, 0.29) is 24.8 Å². The van der Waals surface area contributed by atoms with Gasteiger partial charge in [0, 0.05) is 30.8 Å². The molecule has 7 heteroatoms. The van der Waals surface area contributed by atoms with E-state index in [2.05, 4.69) is 5.32 Å². The zero-order valence-corrected chi connectivity index (χ0v) is 24.0. The van der Waals surface area contributed by atoms with E-state index in [1.807, 2.05) is 86.6 Å². The third kappa shape index (κ3) is 7.85. The number of carboxylic acid groups (broad SMARTS) is 1. The summed E-state index contributed by atoms with van der Waals surface area (Å²) < 4.78 is 5.60. The number of carbonyl (C=O) groups excluding carboxylic acids is 2. The van der Waals surface area contributed by atoms with Crippen LogP contribution in [0.2, 0.25) is 0 Å². The summed E-state index contributed by atoms with van der Waals surface area (Å²) in [6, 6.07) is 29.9. The zero-order valence-electron chi connectivity index (χ0n) is 24.0. The van der Waals surface area contributed by atoms with Gasteiger partial charge in [0.25, 0.3) is 11.8 Å². The number of benzene rings is 4. The van der Waals surface area contributed by atoms with E-state index >= 15 is 0 Å². The molecule has 0 spiro atoms. The summed E-state index contributed by atoms with van der Waals surface area (Å²) in [6.07, 6.45) is 0.358. The van der Waals surface area contributed by atoms with Crippen molar-refractivity contribution in [2.75, 3.05) is 19.7 Å². The highest BCUT2D eigenvalue weighted by Gasteiger charge is 2.22. The highest BCUT2D eigenvalue weighted by Crippen LogP contribution is 2.29. The van der Waals surface area contributed by atoms with Gasteiger partial charge in [-0.25, -0.2) is 0 Å². The lowest BCUT2D eigenvalue weighted by Gasteiger charge is -2.24. The van der Waals surface area contributed by atoms with Gasteiger partial charge in [0.2, 0.25) is 0 Å². The van der Waals surface area contributed by atoms with Gasteiger partial charge in [-0.05, 0) is 72.4 Å². The molecule has 0 aliphatic heterocycles. The Labute approximate surface area is 246 Å². The van der Waals surface area contributed by atoms with Crippen molar-refractivity contribution < 1.29 is 24.2 Å². The maximum Gasteiger partial charge on any atom is 0.305 e. The second kappa shape index (κ2) is 14.6. The number of ether oxygens (including phenoxy) is 1. The minimum atomic E-state index is -0.977. The molecule has 0 atom stereocenters. The SMILES string of the molecule is CCOc1cccc(CCN(CCC(=O)O)C(=O)c2ccccc2-c2ccccc2C(=O)NCc2ccccc2C)c1. The molecule has 0 saturated heterocycles. The van der Waals surface area contributed by atoms with Crippen LogP contribution >= 0.6 is 0 Å². The number of hydrogen-bond donors (Lipinski definition) is 2. The van der Waals surface area contributed by atoms with Crippen LogP contribution < -0.4 is 10.1 Å². The van der Waals surface area contributed by atoms with Crippen LogP contribution in [-0.4, -0.2) is 47.5 Å². The summed E-state index contributed by atoms with van der Waals surface area (Å²) in [6.45, 7) is 5.25. The second-order valence-corrected chi connectivity index (χ2v) is 9.97.